The Morgan fingerprint density at radius 1 is 1.33 bits per heavy atom. The van der Waals surface area contributed by atoms with Gasteiger partial charge in [-0.1, -0.05) is 0 Å². The Kier molecular flexibility index (Phi) is 5.21. The smallest absolute Gasteiger partial charge is 0.219 e. The fourth-order valence-corrected chi connectivity index (χ4v) is 3.23. The van der Waals surface area contributed by atoms with Crippen molar-refractivity contribution in [2.45, 2.75) is 51.5 Å². The minimum atomic E-state index is -0.217. The highest BCUT2D eigenvalue weighted by molar-refractivity contribution is 5.73. The van der Waals surface area contributed by atoms with Gasteiger partial charge in [0.1, 0.15) is 5.82 Å². The maximum absolute atomic E-state index is 13.2. The molecule has 0 bridgehead atoms. The van der Waals surface area contributed by atoms with Crippen LogP contribution in [0.25, 0.3) is 0 Å². The van der Waals surface area contributed by atoms with E-state index in [9.17, 15) is 9.18 Å². The molecule has 1 aromatic carbocycles. The molecular formula is C17H25FN2O. The molecule has 1 aromatic rings. The number of carbonyl (C=O) groups excluding carboxylic acids is 1. The second kappa shape index (κ2) is 6.92. The molecule has 0 atom stereocenters. The van der Waals surface area contributed by atoms with E-state index in [1.54, 1.807) is 19.1 Å². The number of nitrogen functional groups attached to an aromatic ring is 1. The third kappa shape index (κ3) is 4.19. The Hall–Kier alpha value is -1.58. The molecule has 0 aromatic heterocycles. The maximum atomic E-state index is 13.2. The highest BCUT2D eigenvalue weighted by Crippen LogP contribution is 2.31. The number of aryl methyl sites for hydroxylation is 1. The molecule has 2 N–H and O–H groups in total. The zero-order chi connectivity index (χ0) is 15.4. The van der Waals surface area contributed by atoms with Gasteiger partial charge in [0, 0.05) is 25.7 Å². The van der Waals surface area contributed by atoms with Crippen LogP contribution < -0.4 is 5.73 Å². The van der Waals surface area contributed by atoms with E-state index in [1.165, 1.54) is 6.07 Å². The van der Waals surface area contributed by atoms with Crippen molar-refractivity contribution in [3.05, 3.63) is 29.6 Å². The van der Waals surface area contributed by atoms with Crippen molar-refractivity contribution in [3.8, 4) is 0 Å². The van der Waals surface area contributed by atoms with Crippen LogP contribution in [0, 0.1) is 11.7 Å². The minimum Gasteiger partial charge on any atom is -0.399 e. The van der Waals surface area contributed by atoms with Crippen molar-refractivity contribution in [1.29, 1.82) is 0 Å². The molecule has 116 valence electrons. The lowest BCUT2D eigenvalue weighted by molar-refractivity contribution is -0.130. The summed E-state index contributed by atoms with van der Waals surface area (Å²) in [5.74, 6) is 0.584. The van der Waals surface area contributed by atoms with Crippen LogP contribution in [0.3, 0.4) is 0 Å². The van der Waals surface area contributed by atoms with Crippen LogP contribution in [0.2, 0.25) is 0 Å². The molecule has 21 heavy (non-hydrogen) atoms. The van der Waals surface area contributed by atoms with Gasteiger partial charge in [0.2, 0.25) is 5.91 Å². The molecule has 0 heterocycles. The SMILES string of the molecule is CC(=O)N(C)C1CCC(CCc2cc(F)ccc2N)CC1. The van der Waals surface area contributed by atoms with Gasteiger partial charge in [-0.05, 0) is 68.2 Å². The number of benzene rings is 1. The number of amides is 1. The topological polar surface area (TPSA) is 46.3 Å². The number of hydrogen-bond donors (Lipinski definition) is 1. The van der Waals surface area contributed by atoms with Gasteiger partial charge in [0.25, 0.3) is 0 Å². The molecule has 1 fully saturated rings. The van der Waals surface area contributed by atoms with Gasteiger partial charge in [-0.2, -0.15) is 0 Å². The average Bonchev–Trinajstić information content (AvgIpc) is 2.48. The van der Waals surface area contributed by atoms with Crippen molar-refractivity contribution in [2.75, 3.05) is 12.8 Å². The van der Waals surface area contributed by atoms with Crippen LogP contribution in [0.1, 0.15) is 44.6 Å². The van der Waals surface area contributed by atoms with Crippen LogP contribution in [-0.4, -0.2) is 23.9 Å². The van der Waals surface area contributed by atoms with E-state index in [0.29, 0.717) is 17.6 Å². The van der Waals surface area contributed by atoms with Gasteiger partial charge in [0.05, 0.1) is 0 Å². The summed E-state index contributed by atoms with van der Waals surface area (Å²) < 4.78 is 13.2. The number of hydrogen-bond acceptors (Lipinski definition) is 2. The molecule has 3 nitrogen and oxygen atoms in total. The Morgan fingerprint density at radius 3 is 2.62 bits per heavy atom. The van der Waals surface area contributed by atoms with Crippen LogP contribution in [0.4, 0.5) is 10.1 Å². The minimum absolute atomic E-state index is 0.144. The van der Waals surface area contributed by atoms with Gasteiger partial charge in [-0.15, -0.1) is 0 Å². The second-order valence-electron chi connectivity index (χ2n) is 6.19. The first-order valence-electron chi connectivity index (χ1n) is 7.74. The van der Waals surface area contributed by atoms with Crippen LogP contribution >= 0.6 is 0 Å². The fourth-order valence-electron chi connectivity index (χ4n) is 3.23. The van der Waals surface area contributed by atoms with E-state index in [2.05, 4.69) is 0 Å². The summed E-state index contributed by atoms with van der Waals surface area (Å²) in [4.78, 5) is 13.2. The zero-order valence-electron chi connectivity index (χ0n) is 12.9. The summed E-state index contributed by atoms with van der Waals surface area (Å²) in [6.07, 6.45) is 6.29. The maximum Gasteiger partial charge on any atom is 0.219 e. The molecule has 0 unspecified atom stereocenters. The predicted octanol–water partition coefficient (Wildman–Crippen LogP) is 3.38. The van der Waals surface area contributed by atoms with Gasteiger partial charge < -0.3 is 10.6 Å². The molecule has 4 heteroatoms. The Labute approximate surface area is 126 Å². The van der Waals surface area contributed by atoms with Gasteiger partial charge >= 0.3 is 0 Å². The largest absolute Gasteiger partial charge is 0.399 e. The van der Waals surface area contributed by atoms with Crippen molar-refractivity contribution in [2.24, 2.45) is 5.92 Å². The zero-order valence-corrected chi connectivity index (χ0v) is 12.9. The molecule has 0 radical (unpaired) electrons. The molecule has 1 amide bonds. The first-order chi connectivity index (χ1) is 9.97. The number of anilines is 1. The predicted molar refractivity (Wildman–Crippen MR) is 83.3 cm³/mol. The fraction of sp³-hybridized carbons (Fsp3) is 0.588. The number of nitrogens with zero attached hydrogens (tertiary/aromatic N) is 1. The summed E-state index contributed by atoms with van der Waals surface area (Å²) in [7, 11) is 1.89. The molecule has 1 saturated carbocycles. The van der Waals surface area contributed by atoms with Crippen molar-refractivity contribution in [3.63, 3.8) is 0 Å². The number of halogens is 1. The standard InChI is InChI=1S/C17H25FN2O/c1-12(21)20(2)16-8-4-13(5-9-16)3-6-14-11-15(18)7-10-17(14)19/h7,10-11,13,16H,3-6,8-9,19H2,1-2H3. The highest BCUT2D eigenvalue weighted by Gasteiger charge is 2.25. The van der Waals surface area contributed by atoms with E-state index >= 15 is 0 Å². The third-order valence-electron chi connectivity index (χ3n) is 4.79. The molecule has 0 saturated heterocycles. The lowest BCUT2D eigenvalue weighted by Crippen LogP contribution is -2.38. The number of nitrogens with two attached hydrogens (primary N) is 1. The Balaban J connectivity index is 1.81. The third-order valence-corrected chi connectivity index (χ3v) is 4.79. The van der Waals surface area contributed by atoms with E-state index in [1.807, 2.05) is 11.9 Å². The average molecular weight is 292 g/mol. The molecule has 1 aliphatic rings. The van der Waals surface area contributed by atoms with Crippen molar-refractivity contribution in [1.82, 2.24) is 4.90 Å². The quantitative estimate of drug-likeness (QED) is 0.865. The first-order valence-corrected chi connectivity index (χ1v) is 7.74. The van der Waals surface area contributed by atoms with E-state index in [-0.39, 0.29) is 11.7 Å². The summed E-state index contributed by atoms with van der Waals surface area (Å²) in [6, 6.07) is 4.98. The number of rotatable bonds is 4. The van der Waals surface area contributed by atoms with Gasteiger partial charge in [0.15, 0.2) is 0 Å². The van der Waals surface area contributed by atoms with E-state index < -0.39 is 0 Å². The summed E-state index contributed by atoms with van der Waals surface area (Å²) >= 11 is 0. The second-order valence-corrected chi connectivity index (χ2v) is 6.19. The molecule has 2 rings (SSSR count). The normalized spacial score (nSPS) is 22.0. The first kappa shape index (κ1) is 15.8. The van der Waals surface area contributed by atoms with Gasteiger partial charge in [-0.3, -0.25) is 4.79 Å². The van der Waals surface area contributed by atoms with Crippen molar-refractivity contribution >= 4 is 11.6 Å². The van der Waals surface area contributed by atoms with Crippen LogP contribution in [-0.2, 0) is 11.2 Å². The van der Waals surface area contributed by atoms with Crippen LogP contribution in [0.5, 0.6) is 0 Å². The molecule has 0 aliphatic heterocycles. The lowest BCUT2D eigenvalue weighted by Gasteiger charge is -2.34. The summed E-state index contributed by atoms with van der Waals surface area (Å²) in [6.45, 7) is 1.62. The Bertz CT molecular complexity index is 496. The molecular weight excluding hydrogens is 267 g/mol. The molecule has 1 aliphatic carbocycles. The number of carbonyl (C=O) groups is 1. The van der Waals surface area contributed by atoms with E-state index in [4.69, 9.17) is 5.73 Å². The van der Waals surface area contributed by atoms with Crippen molar-refractivity contribution < 1.29 is 9.18 Å². The summed E-state index contributed by atoms with van der Waals surface area (Å²) in [5, 5.41) is 0. The highest BCUT2D eigenvalue weighted by atomic mass is 19.1. The summed E-state index contributed by atoms with van der Waals surface area (Å²) in [5.41, 5.74) is 7.49. The monoisotopic (exact) mass is 292 g/mol. The van der Waals surface area contributed by atoms with E-state index in [0.717, 1.165) is 44.1 Å². The molecule has 0 spiro atoms. The van der Waals surface area contributed by atoms with Crippen LogP contribution in [0.15, 0.2) is 18.2 Å². The Morgan fingerprint density at radius 2 is 2.00 bits per heavy atom. The van der Waals surface area contributed by atoms with Gasteiger partial charge in [-0.25, -0.2) is 4.39 Å². The lowest BCUT2D eigenvalue weighted by atomic mass is 9.82.